The summed E-state index contributed by atoms with van der Waals surface area (Å²) in [5, 5.41) is 16.7. The van der Waals surface area contributed by atoms with Crippen molar-refractivity contribution in [3.8, 4) is 0 Å². The number of nitrogens with two attached hydrogens (primary N) is 2. The van der Waals surface area contributed by atoms with Crippen molar-refractivity contribution in [3.05, 3.63) is 0 Å². The van der Waals surface area contributed by atoms with Crippen molar-refractivity contribution in [3.63, 3.8) is 0 Å². The van der Waals surface area contributed by atoms with E-state index in [1.807, 2.05) is 0 Å². The zero-order chi connectivity index (χ0) is 15.3. The van der Waals surface area contributed by atoms with Crippen molar-refractivity contribution in [2.24, 2.45) is 11.5 Å². The molecular formula is C10H22N2O4S2. The molecule has 0 saturated carbocycles. The lowest BCUT2D eigenvalue weighted by atomic mass is 10.1. The van der Waals surface area contributed by atoms with Crippen LogP contribution in [0.15, 0.2) is 0 Å². The van der Waals surface area contributed by atoms with Gasteiger partial charge in [0.2, 0.25) is 0 Å². The van der Waals surface area contributed by atoms with Crippen molar-refractivity contribution < 1.29 is 19.8 Å². The van der Waals surface area contributed by atoms with Crippen LogP contribution >= 0.6 is 25.3 Å². The molecule has 0 fully saturated rings. The molecular weight excluding hydrogens is 276 g/mol. The van der Waals surface area contributed by atoms with E-state index < -0.39 is 33.5 Å². The van der Waals surface area contributed by atoms with Gasteiger partial charge in [-0.15, -0.1) is 0 Å². The van der Waals surface area contributed by atoms with Crippen LogP contribution in [0.4, 0.5) is 0 Å². The molecule has 2 atom stereocenters. The summed E-state index contributed by atoms with van der Waals surface area (Å²) in [6.07, 6.45) is 0. The smallest absolute Gasteiger partial charge is 0.321 e. The minimum absolute atomic E-state index is 0.647. The lowest BCUT2D eigenvalue weighted by Gasteiger charge is -2.21. The predicted octanol–water partition coefficient (Wildman–Crippen LogP) is 0.213. The second-order valence-corrected chi connectivity index (χ2v) is 7.24. The van der Waals surface area contributed by atoms with Gasteiger partial charge >= 0.3 is 11.9 Å². The summed E-state index contributed by atoms with van der Waals surface area (Å²) in [6, 6.07) is -1.80. The lowest BCUT2D eigenvalue weighted by Crippen LogP contribution is -2.45. The molecule has 0 aliphatic rings. The number of thiol groups is 2. The highest BCUT2D eigenvalue weighted by Crippen LogP contribution is 2.15. The van der Waals surface area contributed by atoms with Gasteiger partial charge in [-0.25, -0.2) is 0 Å². The summed E-state index contributed by atoms with van der Waals surface area (Å²) in [5.41, 5.74) is 10.4. The summed E-state index contributed by atoms with van der Waals surface area (Å²) in [6.45, 7) is 6.65. The van der Waals surface area contributed by atoms with Gasteiger partial charge in [0.1, 0.15) is 12.1 Å². The maximum absolute atomic E-state index is 10.2. The second kappa shape index (κ2) is 7.22. The molecule has 2 unspecified atom stereocenters. The molecule has 6 nitrogen and oxygen atoms in total. The summed E-state index contributed by atoms with van der Waals surface area (Å²) < 4.78 is -1.29. The Kier molecular flexibility index (Phi) is 7.98. The number of carboxylic acids is 2. The minimum atomic E-state index is -1.02. The van der Waals surface area contributed by atoms with Gasteiger partial charge in [-0.1, -0.05) is 0 Å². The largest absolute Gasteiger partial charge is 0.480 e. The summed E-state index contributed by atoms with van der Waals surface area (Å²) in [5.74, 6) is -2.04. The molecule has 0 spiro atoms. The van der Waals surface area contributed by atoms with Gasteiger partial charge < -0.3 is 21.7 Å². The highest BCUT2D eigenvalue weighted by molar-refractivity contribution is 7.82. The highest BCUT2D eigenvalue weighted by atomic mass is 32.1. The molecule has 6 N–H and O–H groups in total. The molecule has 0 rings (SSSR count). The first-order valence-corrected chi connectivity index (χ1v) is 6.02. The average molecular weight is 298 g/mol. The fourth-order valence-electron chi connectivity index (χ4n) is 0.604. The first-order chi connectivity index (χ1) is 7.71. The maximum Gasteiger partial charge on any atom is 0.321 e. The molecule has 0 saturated heterocycles. The monoisotopic (exact) mass is 298 g/mol. The zero-order valence-electron chi connectivity index (χ0n) is 10.9. The minimum Gasteiger partial charge on any atom is -0.480 e. The highest BCUT2D eigenvalue weighted by Gasteiger charge is 2.28. The van der Waals surface area contributed by atoms with Gasteiger partial charge in [0.15, 0.2) is 0 Å². The molecule has 0 amide bonds. The topological polar surface area (TPSA) is 127 Å². The standard InChI is InChI=1S/2C5H11NO2S/c2*1-5(2,9)3(6)4(7)8/h2*3,9H,6H2,1-2H3,(H,7,8). The Morgan fingerprint density at radius 3 is 1.06 bits per heavy atom. The van der Waals surface area contributed by atoms with E-state index >= 15 is 0 Å². The Bertz CT molecular complexity index is 267. The van der Waals surface area contributed by atoms with Gasteiger partial charge in [-0.3, -0.25) is 9.59 Å². The Morgan fingerprint density at radius 2 is 1.06 bits per heavy atom. The summed E-state index contributed by atoms with van der Waals surface area (Å²) in [4.78, 5) is 20.3. The van der Waals surface area contributed by atoms with Crippen molar-refractivity contribution in [2.45, 2.75) is 49.3 Å². The molecule has 0 heterocycles. The lowest BCUT2D eigenvalue weighted by molar-refractivity contribution is -0.140. The van der Waals surface area contributed by atoms with Gasteiger partial charge in [0.05, 0.1) is 0 Å². The fraction of sp³-hybridized carbons (Fsp3) is 0.800. The Labute approximate surface area is 118 Å². The van der Waals surface area contributed by atoms with E-state index in [1.165, 1.54) is 0 Å². The van der Waals surface area contributed by atoms with Gasteiger partial charge in [0, 0.05) is 9.49 Å². The number of hydrogen-bond donors (Lipinski definition) is 6. The molecule has 0 aliphatic carbocycles. The molecule has 8 heteroatoms. The molecule has 0 aromatic carbocycles. The van der Waals surface area contributed by atoms with E-state index in [-0.39, 0.29) is 0 Å². The molecule has 108 valence electrons. The van der Waals surface area contributed by atoms with E-state index in [0.717, 1.165) is 0 Å². The van der Waals surface area contributed by atoms with Crippen molar-refractivity contribution in [2.75, 3.05) is 0 Å². The average Bonchev–Trinajstić information content (AvgIpc) is 2.13. The van der Waals surface area contributed by atoms with E-state index in [4.69, 9.17) is 21.7 Å². The van der Waals surface area contributed by atoms with Crippen LogP contribution < -0.4 is 11.5 Å². The molecule has 18 heavy (non-hydrogen) atoms. The van der Waals surface area contributed by atoms with Gasteiger partial charge in [-0.05, 0) is 27.7 Å². The Morgan fingerprint density at radius 1 is 0.889 bits per heavy atom. The normalized spacial score (nSPS) is 15.1. The Hall–Kier alpha value is -0.440. The zero-order valence-corrected chi connectivity index (χ0v) is 12.7. The number of carboxylic acid groups (broad SMARTS) is 2. The van der Waals surface area contributed by atoms with E-state index in [2.05, 4.69) is 25.3 Å². The SMILES string of the molecule is CC(C)(S)C(N)C(=O)O.CC(C)(S)C(N)C(=O)O. The van der Waals surface area contributed by atoms with Gasteiger partial charge in [0.25, 0.3) is 0 Å². The number of aliphatic carboxylic acids is 2. The van der Waals surface area contributed by atoms with Crippen LogP contribution in [0, 0.1) is 0 Å². The van der Waals surface area contributed by atoms with Crippen molar-refractivity contribution >= 4 is 37.2 Å². The second-order valence-electron chi connectivity index (χ2n) is 4.94. The fourth-order valence-corrected chi connectivity index (χ4v) is 0.825. The third kappa shape index (κ3) is 8.62. The van der Waals surface area contributed by atoms with Crippen LogP contribution in [0.2, 0.25) is 0 Å². The first kappa shape index (κ1) is 19.9. The van der Waals surface area contributed by atoms with Crippen LogP contribution in [0.5, 0.6) is 0 Å². The van der Waals surface area contributed by atoms with Crippen LogP contribution in [-0.2, 0) is 9.59 Å². The van der Waals surface area contributed by atoms with Crippen molar-refractivity contribution in [1.29, 1.82) is 0 Å². The molecule has 0 bridgehead atoms. The quantitative estimate of drug-likeness (QED) is 0.412. The summed E-state index contributed by atoms with van der Waals surface area (Å²) >= 11 is 7.97. The number of carbonyl (C=O) groups is 2. The molecule has 0 aromatic rings. The maximum atomic E-state index is 10.2. The molecule has 0 aromatic heterocycles. The van der Waals surface area contributed by atoms with E-state index in [9.17, 15) is 9.59 Å². The number of rotatable bonds is 4. The van der Waals surface area contributed by atoms with Crippen LogP contribution in [0.3, 0.4) is 0 Å². The molecule has 0 aliphatic heterocycles. The van der Waals surface area contributed by atoms with Gasteiger partial charge in [-0.2, -0.15) is 25.3 Å². The Balaban J connectivity index is 0. The third-order valence-corrected chi connectivity index (χ3v) is 2.61. The molecule has 0 radical (unpaired) electrons. The number of hydrogen-bond acceptors (Lipinski definition) is 6. The van der Waals surface area contributed by atoms with Crippen LogP contribution in [-0.4, -0.2) is 43.7 Å². The van der Waals surface area contributed by atoms with Crippen LogP contribution in [0.1, 0.15) is 27.7 Å². The van der Waals surface area contributed by atoms with E-state index in [1.54, 1.807) is 27.7 Å². The van der Waals surface area contributed by atoms with Crippen molar-refractivity contribution in [1.82, 2.24) is 0 Å². The van der Waals surface area contributed by atoms with E-state index in [0.29, 0.717) is 0 Å². The van der Waals surface area contributed by atoms with Crippen LogP contribution in [0.25, 0.3) is 0 Å². The predicted molar refractivity (Wildman–Crippen MR) is 77.4 cm³/mol. The first-order valence-electron chi connectivity index (χ1n) is 5.12. The third-order valence-electron chi connectivity index (χ3n) is 2.05. The summed E-state index contributed by atoms with van der Waals surface area (Å²) in [7, 11) is 0.